The van der Waals surface area contributed by atoms with Crippen LogP contribution in [-0.4, -0.2) is 46.1 Å². The summed E-state index contributed by atoms with van der Waals surface area (Å²) in [5.74, 6) is 2.20. The number of aromatic nitrogens is 4. The fraction of sp³-hybridized carbons (Fsp3) is 0.261. The number of rotatable bonds is 6. The summed E-state index contributed by atoms with van der Waals surface area (Å²) in [7, 11) is 0. The van der Waals surface area contributed by atoms with Gasteiger partial charge in [-0.2, -0.15) is 0 Å². The summed E-state index contributed by atoms with van der Waals surface area (Å²) in [6.45, 7) is 4.97. The van der Waals surface area contributed by atoms with E-state index >= 15 is 0 Å². The second kappa shape index (κ2) is 9.13. The molecule has 0 spiro atoms. The van der Waals surface area contributed by atoms with Crippen LogP contribution in [0.25, 0.3) is 17.0 Å². The molecule has 5 rings (SSSR count). The van der Waals surface area contributed by atoms with E-state index in [1.54, 1.807) is 18.3 Å². The monoisotopic (exact) mass is 451 g/mol. The van der Waals surface area contributed by atoms with Crippen LogP contribution in [0.3, 0.4) is 0 Å². The molecule has 2 aromatic carbocycles. The number of halogens is 1. The summed E-state index contributed by atoms with van der Waals surface area (Å²) in [4.78, 5) is 6.58. The Bertz CT molecular complexity index is 1200. The van der Waals surface area contributed by atoms with Crippen LogP contribution in [0, 0.1) is 12.7 Å². The third-order valence-corrected chi connectivity index (χ3v) is 6.19. The first kappa shape index (κ1) is 20.7. The van der Waals surface area contributed by atoms with E-state index in [2.05, 4.69) is 43.7 Å². The number of aryl methyl sites for hydroxylation is 1. The van der Waals surface area contributed by atoms with Crippen molar-refractivity contribution < 1.29 is 13.5 Å². The summed E-state index contributed by atoms with van der Waals surface area (Å²) in [6.07, 6.45) is 1.66. The van der Waals surface area contributed by atoms with Crippen molar-refractivity contribution in [3.8, 4) is 17.0 Å². The first-order valence-electron chi connectivity index (χ1n) is 10.4. The van der Waals surface area contributed by atoms with E-state index in [1.807, 2.05) is 12.1 Å². The smallest absolute Gasteiger partial charge is 0.232 e. The Morgan fingerprint density at radius 2 is 1.81 bits per heavy atom. The van der Waals surface area contributed by atoms with Crippen molar-refractivity contribution >= 4 is 17.7 Å². The predicted octanol–water partition coefficient (Wildman–Crippen LogP) is 4.50. The van der Waals surface area contributed by atoms with Crippen LogP contribution in [-0.2, 0) is 10.5 Å². The molecule has 9 heteroatoms. The number of anilines is 1. The minimum atomic E-state index is -0.282. The molecule has 0 N–H and O–H groups in total. The maximum absolute atomic E-state index is 13.2. The number of benzene rings is 2. The van der Waals surface area contributed by atoms with Gasteiger partial charge in [0, 0.05) is 18.7 Å². The standard InChI is InChI=1S/C23H22FN5O2S/c1-16-4-2-3-5-19(16)29-22(28-10-12-30-13-11-28)26-27-23(29)32-15-21-25-14-20(31-21)17-6-8-18(24)9-7-17/h2-9,14H,10-13,15H2,1H3. The summed E-state index contributed by atoms with van der Waals surface area (Å²) in [6, 6.07) is 14.4. The number of ether oxygens (including phenoxy) is 1. The van der Waals surface area contributed by atoms with Gasteiger partial charge in [0.15, 0.2) is 10.9 Å². The summed E-state index contributed by atoms with van der Waals surface area (Å²) >= 11 is 1.51. The van der Waals surface area contributed by atoms with E-state index in [4.69, 9.17) is 9.15 Å². The molecule has 32 heavy (non-hydrogen) atoms. The van der Waals surface area contributed by atoms with E-state index in [0.29, 0.717) is 30.6 Å². The van der Waals surface area contributed by atoms with Gasteiger partial charge in [-0.3, -0.25) is 4.57 Å². The van der Waals surface area contributed by atoms with E-state index < -0.39 is 0 Å². The van der Waals surface area contributed by atoms with Gasteiger partial charge in [0.2, 0.25) is 11.8 Å². The van der Waals surface area contributed by atoms with Gasteiger partial charge < -0.3 is 14.1 Å². The number of hydrogen-bond donors (Lipinski definition) is 0. The lowest BCUT2D eigenvalue weighted by molar-refractivity contribution is 0.122. The molecule has 3 heterocycles. The van der Waals surface area contributed by atoms with Gasteiger partial charge in [0.05, 0.1) is 30.9 Å². The van der Waals surface area contributed by atoms with Gasteiger partial charge in [-0.25, -0.2) is 9.37 Å². The molecule has 7 nitrogen and oxygen atoms in total. The third-order valence-electron chi connectivity index (χ3n) is 5.27. The lowest BCUT2D eigenvalue weighted by Gasteiger charge is -2.28. The molecule has 0 radical (unpaired) electrons. The number of nitrogens with zero attached hydrogens (tertiary/aromatic N) is 5. The fourth-order valence-electron chi connectivity index (χ4n) is 3.60. The van der Waals surface area contributed by atoms with Gasteiger partial charge in [-0.15, -0.1) is 10.2 Å². The van der Waals surface area contributed by atoms with Crippen molar-refractivity contribution in [1.29, 1.82) is 0 Å². The lowest BCUT2D eigenvalue weighted by Crippen LogP contribution is -2.38. The molecule has 1 aliphatic heterocycles. The van der Waals surface area contributed by atoms with Crippen LogP contribution < -0.4 is 4.90 Å². The Morgan fingerprint density at radius 3 is 2.59 bits per heavy atom. The Labute approximate surface area is 189 Å². The van der Waals surface area contributed by atoms with Crippen LogP contribution in [0.15, 0.2) is 64.3 Å². The van der Waals surface area contributed by atoms with Gasteiger partial charge >= 0.3 is 0 Å². The van der Waals surface area contributed by atoms with Crippen LogP contribution >= 0.6 is 11.8 Å². The summed E-state index contributed by atoms with van der Waals surface area (Å²) in [5, 5.41) is 9.75. The van der Waals surface area contributed by atoms with Crippen LogP contribution in [0.4, 0.5) is 10.3 Å². The van der Waals surface area contributed by atoms with Crippen LogP contribution in [0.5, 0.6) is 0 Å². The highest BCUT2D eigenvalue weighted by Gasteiger charge is 2.23. The zero-order valence-electron chi connectivity index (χ0n) is 17.6. The molecule has 0 saturated carbocycles. The molecule has 0 aliphatic carbocycles. The normalized spacial score (nSPS) is 14.1. The second-order valence-corrected chi connectivity index (χ2v) is 8.36. The molecule has 1 fully saturated rings. The average Bonchev–Trinajstić information content (AvgIpc) is 3.46. The van der Waals surface area contributed by atoms with Crippen molar-refractivity contribution in [3.63, 3.8) is 0 Å². The minimum Gasteiger partial charge on any atom is -0.440 e. The average molecular weight is 452 g/mol. The molecule has 164 valence electrons. The van der Waals surface area contributed by atoms with Crippen molar-refractivity contribution in [2.75, 3.05) is 31.2 Å². The molecule has 0 unspecified atom stereocenters. The van der Waals surface area contributed by atoms with Gasteiger partial charge in [0.1, 0.15) is 5.82 Å². The topological polar surface area (TPSA) is 69.2 Å². The molecule has 1 aliphatic rings. The van der Waals surface area contributed by atoms with E-state index in [-0.39, 0.29) is 5.82 Å². The first-order chi connectivity index (χ1) is 15.7. The van der Waals surface area contributed by atoms with E-state index in [1.165, 1.54) is 23.9 Å². The highest BCUT2D eigenvalue weighted by atomic mass is 32.2. The number of hydrogen-bond acceptors (Lipinski definition) is 7. The van der Waals surface area contributed by atoms with E-state index in [9.17, 15) is 4.39 Å². The number of morpholine rings is 1. The molecule has 0 bridgehead atoms. The Balaban J connectivity index is 1.41. The fourth-order valence-corrected chi connectivity index (χ4v) is 4.39. The van der Waals surface area contributed by atoms with Crippen LogP contribution in [0.1, 0.15) is 11.5 Å². The van der Waals surface area contributed by atoms with E-state index in [0.717, 1.165) is 41.0 Å². The molecule has 0 amide bonds. The largest absolute Gasteiger partial charge is 0.440 e. The molecular weight excluding hydrogens is 429 g/mol. The lowest BCUT2D eigenvalue weighted by atomic mass is 10.2. The van der Waals surface area contributed by atoms with Gasteiger partial charge in [-0.05, 0) is 42.8 Å². The number of oxazole rings is 1. The summed E-state index contributed by atoms with van der Waals surface area (Å²) < 4.78 is 26.7. The highest BCUT2D eigenvalue weighted by Crippen LogP contribution is 2.31. The molecule has 4 aromatic rings. The number of para-hydroxylation sites is 1. The van der Waals surface area contributed by atoms with Crippen molar-refractivity contribution in [1.82, 2.24) is 19.7 Å². The quantitative estimate of drug-likeness (QED) is 0.400. The molecule has 2 aromatic heterocycles. The Hall–Kier alpha value is -3.17. The first-order valence-corrected chi connectivity index (χ1v) is 11.3. The third kappa shape index (κ3) is 4.26. The summed E-state index contributed by atoms with van der Waals surface area (Å²) in [5.41, 5.74) is 2.96. The SMILES string of the molecule is Cc1ccccc1-n1c(SCc2ncc(-c3ccc(F)cc3)o2)nnc1N1CCOCC1. The zero-order chi connectivity index (χ0) is 21.9. The van der Waals surface area contributed by atoms with Crippen molar-refractivity contribution in [2.24, 2.45) is 0 Å². The highest BCUT2D eigenvalue weighted by molar-refractivity contribution is 7.98. The van der Waals surface area contributed by atoms with Crippen LogP contribution in [0.2, 0.25) is 0 Å². The van der Waals surface area contributed by atoms with Gasteiger partial charge in [0.25, 0.3) is 0 Å². The number of thioether (sulfide) groups is 1. The molecule has 1 saturated heterocycles. The second-order valence-electron chi connectivity index (χ2n) is 7.42. The van der Waals surface area contributed by atoms with Gasteiger partial charge in [-0.1, -0.05) is 30.0 Å². The Kier molecular flexibility index (Phi) is 5.91. The minimum absolute atomic E-state index is 0.282. The molecule has 0 atom stereocenters. The van der Waals surface area contributed by atoms with Crippen molar-refractivity contribution in [2.45, 2.75) is 17.8 Å². The maximum Gasteiger partial charge on any atom is 0.232 e. The zero-order valence-corrected chi connectivity index (χ0v) is 18.4. The molecular formula is C23H22FN5O2S. The van der Waals surface area contributed by atoms with Crippen molar-refractivity contribution in [3.05, 3.63) is 72.0 Å². The Morgan fingerprint density at radius 1 is 1.03 bits per heavy atom. The predicted molar refractivity (Wildman–Crippen MR) is 121 cm³/mol. The maximum atomic E-state index is 13.2.